The standard InChI is InChI=1S/C49H64N7O7S2/c1-48(2)41-32-39(64(57,58)59)22-24-43(41)53(28-12-30-55(5,6)7)45(48)26-18-36-14-11-15-37(47(36)63-38-20-16-35(17-21-38)34-51-52-50)19-27-46-49(3,4)42-33-40(65(60,61)62)23-25-44(42)54(46)29-13-31-56(8,9)10/h16-27,32-33H,11-15,28-31,34H2,1-10H3/q+1. The zero-order chi connectivity index (χ0) is 47.8. The molecule has 2 aliphatic heterocycles. The third kappa shape index (κ3) is 11.5. The summed E-state index contributed by atoms with van der Waals surface area (Å²) in [4.78, 5) is 4.63. The van der Waals surface area contributed by atoms with E-state index in [4.69, 9.17) is 10.3 Å². The Kier molecular flexibility index (Phi) is 14.2. The molecule has 65 heavy (non-hydrogen) atoms. The third-order valence-corrected chi connectivity index (χ3v) is 14.2. The van der Waals surface area contributed by atoms with Crippen LogP contribution in [0.25, 0.3) is 10.4 Å². The molecule has 0 aromatic heterocycles. The van der Waals surface area contributed by atoms with Crippen molar-refractivity contribution in [3.63, 3.8) is 0 Å². The molecular weight excluding hydrogens is 863 g/mol. The molecule has 0 radical (unpaired) electrons. The van der Waals surface area contributed by atoms with Gasteiger partial charge in [-0.15, -0.1) is 0 Å². The number of benzene rings is 3. The van der Waals surface area contributed by atoms with E-state index in [-0.39, 0.29) is 16.3 Å². The Bertz CT molecular complexity index is 2770. The molecule has 3 aromatic rings. The highest BCUT2D eigenvalue weighted by Crippen LogP contribution is 2.49. The summed E-state index contributed by atoms with van der Waals surface area (Å²) in [6.07, 6.45) is 12.4. The zero-order valence-electron chi connectivity index (χ0n) is 39.5. The number of azide groups is 1. The number of rotatable bonds is 17. The van der Waals surface area contributed by atoms with Crippen molar-refractivity contribution >= 4 is 37.3 Å². The average Bonchev–Trinajstić information content (AvgIpc) is 3.55. The largest absolute Gasteiger partial charge is 0.744 e. The monoisotopic (exact) mass is 926 g/mol. The molecule has 2 heterocycles. The molecule has 0 saturated heterocycles. The van der Waals surface area contributed by atoms with Crippen molar-refractivity contribution in [1.29, 1.82) is 0 Å². The summed E-state index contributed by atoms with van der Waals surface area (Å²) >= 11 is 0. The molecule has 0 N–H and O–H groups in total. The predicted octanol–water partition coefficient (Wildman–Crippen LogP) is 8.56. The summed E-state index contributed by atoms with van der Waals surface area (Å²) in [5, 5.41) is 3.70. The fraction of sp³-hybridized carbons (Fsp3) is 0.449. The molecule has 6 rings (SSSR count). The van der Waals surface area contributed by atoms with Gasteiger partial charge in [-0.2, -0.15) is 4.58 Å². The first-order valence-corrected chi connectivity index (χ1v) is 24.9. The maximum absolute atomic E-state index is 12.2. The van der Waals surface area contributed by atoms with Crippen LogP contribution in [-0.4, -0.2) is 114 Å². The molecule has 348 valence electrons. The Balaban J connectivity index is 1.49. The van der Waals surface area contributed by atoms with Crippen LogP contribution in [0.2, 0.25) is 0 Å². The number of fused-ring (bicyclic) bond motifs is 2. The van der Waals surface area contributed by atoms with Gasteiger partial charge in [0.25, 0.3) is 0 Å². The molecule has 0 fully saturated rings. The fourth-order valence-electron chi connectivity index (χ4n) is 9.11. The number of ether oxygens (including phenoxy) is 1. The number of allylic oxidation sites excluding steroid dienone is 7. The van der Waals surface area contributed by atoms with Crippen LogP contribution in [0.5, 0.6) is 5.75 Å². The first-order valence-electron chi connectivity index (χ1n) is 22.1. The van der Waals surface area contributed by atoms with Crippen molar-refractivity contribution in [2.75, 3.05) is 73.4 Å². The zero-order valence-corrected chi connectivity index (χ0v) is 41.1. The van der Waals surface area contributed by atoms with E-state index in [1.807, 2.05) is 24.3 Å². The van der Waals surface area contributed by atoms with Crippen molar-refractivity contribution < 1.29 is 44.2 Å². The summed E-state index contributed by atoms with van der Waals surface area (Å²) in [6, 6.07) is 16.8. The van der Waals surface area contributed by atoms with E-state index in [0.29, 0.717) is 24.6 Å². The van der Waals surface area contributed by atoms with Gasteiger partial charge in [0.15, 0.2) is 12.3 Å². The normalized spacial score (nSPS) is 18.7. The van der Waals surface area contributed by atoms with Gasteiger partial charge >= 0.3 is 0 Å². The highest BCUT2D eigenvalue weighted by molar-refractivity contribution is 7.86. The van der Waals surface area contributed by atoms with Crippen LogP contribution in [0, 0.1) is 0 Å². The summed E-state index contributed by atoms with van der Waals surface area (Å²) in [6.45, 7) is 11.6. The van der Waals surface area contributed by atoms with Crippen LogP contribution in [-0.2, 0) is 37.6 Å². The first kappa shape index (κ1) is 49.4. The number of hydrogen-bond acceptors (Lipinski definition) is 9. The lowest BCUT2D eigenvalue weighted by atomic mass is 9.81. The van der Waals surface area contributed by atoms with Crippen molar-refractivity contribution in [2.45, 2.75) is 87.0 Å². The molecule has 16 heteroatoms. The minimum absolute atomic E-state index is 0.210. The van der Waals surface area contributed by atoms with Gasteiger partial charge in [-0.25, -0.2) is 16.8 Å². The van der Waals surface area contributed by atoms with E-state index in [0.717, 1.165) is 105 Å². The second-order valence-electron chi connectivity index (χ2n) is 20.4. The SMILES string of the molecule is CC1(C)C(/C=C/C2=C(Oc3ccc(CN=[N+]=[N-])cc3)C(=C/C=C3/N(CCC[N+](C)(C)C)c4ccc(S(=O)(=O)[O-])cc4C3(C)C)/CCC2)=[N+](CCC[N+](C)(C)C)c2ccc(S(=O)(=O)[O-])cc21. The minimum Gasteiger partial charge on any atom is -0.744 e. The van der Waals surface area contributed by atoms with E-state index in [1.165, 1.54) is 24.3 Å². The molecular formula is C49H64N7O7S2+. The summed E-state index contributed by atoms with van der Waals surface area (Å²) < 4.78 is 83.9. The lowest BCUT2D eigenvalue weighted by Gasteiger charge is -2.29. The molecule has 0 bridgehead atoms. The van der Waals surface area contributed by atoms with Crippen LogP contribution < -0.4 is 9.64 Å². The Morgan fingerprint density at radius 3 is 2.03 bits per heavy atom. The van der Waals surface area contributed by atoms with Crippen molar-refractivity contribution in [2.24, 2.45) is 5.11 Å². The van der Waals surface area contributed by atoms with E-state index in [2.05, 4.69) is 114 Å². The topological polar surface area (TPSA) is 179 Å². The molecule has 0 amide bonds. The van der Waals surface area contributed by atoms with Gasteiger partial charge in [-0.1, -0.05) is 37.2 Å². The lowest BCUT2D eigenvalue weighted by molar-refractivity contribution is -0.871. The maximum Gasteiger partial charge on any atom is 0.209 e. The van der Waals surface area contributed by atoms with Crippen LogP contribution in [0.15, 0.2) is 122 Å². The Labute approximate surface area is 385 Å². The van der Waals surface area contributed by atoms with Crippen molar-refractivity contribution in [1.82, 2.24) is 0 Å². The van der Waals surface area contributed by atoms with Gasteiger partial charge in [0.05, 0.1) is 83.5 Å². The van der Waals surface area contributed by atoms with E-state index in [9.17, 15) is 25.9 Å². The van der Waals surface area contributed by atoms with Crippen molar-refractivity contribution in [3.05, 3.63) is 135 Å². The van der Waals surface area contributed by atoms with E-state index >= 15 is 0 Å². The number of anilines is 1. The number of quaternary nitrogens is 2. The third-order valence-electron chi connectivity index (χ3n) is 12.5. The molecule has 0 spiro atoms. The van der Waals surface area contributed by atoms with E-state index < -0.39 is 31.1 Å². The Morgan fingerprint density at radius 2 is 1.42 bits per heavy atom. The molecule has 14 nitrogen and oxygen atoms in total. The molecule has 0 unspecified atom stereocenters. The summed E-state index contributed by atoms with van der Waals surface area (Å²) in [5.74, 6) is 1.30. The Hall–Kier alpha value is -5.06. The highest BCUT2D eigenvalue weighted by atomic mass is 32.2. The molecule has 3 aliphatic rings. The van der Waals surface area contributed by atoms with Crippen molar-refractivity contribution in [3.8, 4) is 5.75 Å². The summed E-state index contributed by atoms with van der Waals surface area (Å²) in [5.41, 5.74) is 15.6. The summed E-state index contributed by atoms with van der Waals surface area (Å²) in [7, 11) is 3.55. The van der Waals surface area contributed by atoms with Gasteiger partial charge in [-0.05, 0) is 116 Å². The van der Waals surface area contributed by atoms with Crippen LogP contribution in [0.3, 0.4) is 0 Å². The van der Waals surface area contributed by atoms with Crippen LogP contribution >= 0.6 is 0 Å². The molecule has 3 aromatic carbocycles. The number of nitrogens with zero attached hydrogens (tertiary/aromatic N) is 7. The second-order valence-corrected chi connectivity index (χ2v) is 23.1. The van der Waals surface area contributed by atoms with Crippen LogP contribution in [0.4, 0.5) is 11.4 Å². The lowest BCUT2D eigenvalue weighted by Crippen LogP contribution is -2.37. The maximum atomic E-state index is 12.2. The molecule has 0 saturated carbocycles. The average molecular weight is 927 g/mol. The fourth-order valence-corrected chi connectivity index (χ4v) is 10.1. The van der Waals surface area contributed by atoms with Gasteiger partial charge in [0.1, 0.15) is 31.7 Å². The molecule has 0 atom stereocenters. The van der Waals surface area contributed by atoms with Crippen LogP contribution in [0.1, 0.15) is 76.5 Å². The van der Waals surface area contributed by atoms with Gasteiger partial charge in [0.2, 0.25) is 5.69 Å². The Morgan fingerprint density at radius 1 is 0.800 bits per heavy atom. The van der Waals surface area contributed by atoms with Gasteiger partial charge in [0, 0.05) is 52.4 Å². The quantitative estimate of drug-likeness (QED) is 0.0323. The second kappa shape index (κ2) is 18.7. The highest BCUT2D eigenvalue weighted by Gasteiger charge is 2.45. The predicted molar refractivity (Wildman–Crippen MR) is 253 cm³/mol. The number of hydrogen-bond donors (Lipinski definition) is 0. The van der Waals surface area contributed by atoms with Gasteiger partial charge < -0.3 is 27.7 Å². The minimum atomic E-state index is -4.68. The molecule has 1 aliphatic carbocycles. The first-order chi connectivity index (χ1) is 30.2. The van der Waals surface area contributed by atoms with E-state index in [1.54, 1.807) is 12.1 Å². The smallest absolute Gasteiger partial charge is 0.209 e. The van der Waals surface area contributed by atoms with Gasteiger partial charge in [-0.3, -0.25) is 0 Å².